The summed E-state index contributed by atoms with van der Waals surface area (Å²) < 4.78 is 4.66. The van der Waals surface area contributed by atoms with Gasteiger partial charge in [0, 0.05) is 12.7 Å². The normalized spacial score (nSPS) is 10.4. The highest BCUT2D eigenvalue weighted by molar-refractivity contribution is 5.89. The third kappa shape index (κ3) is 5.14. The summed E-state index contributed by atoms with van der Waals surface area (Å²) in [6, 6.07) is 3.35. The van der Waals surface area contributed by atoms with Crippen molar-refractivity contribution in [3.63, 3.8) is 0 Å². The monoisotopic (exact) mass is 251 g/mol. The summed E-state index contributed by atoms with van der Waals surface area (Å²) in [5, 5.41) is 3.20. The Hall–Kier alpha value is -1.62. The first-order valence-electron chi connectivity index (χ1n) is 6.06. The van der Waals surface area contributed by atoms with Crippen molar-refractivity contribution in [1.82, 2.24) is 9.88 Å². The SMILES string of the molecule is COC(=O)c1ccnc(NCCCCN(C)C)c1. The molecule has 0 unspecified atom stereocenters. The topological polar surface area (TPSA) is 54.5 Å². The van der Waals surface area contributed by atoms with Gasteiger partial charge in [-0.15, -0.1) is 0 Å². The number of anilines is 1. The van der Waals surface area contributed by atoms with Crippen molar-refractivity contribution in [3.05, 3.63) is 23.9 Å². The predicted molar refractivity (Wildman–Crippen MR) is 71.9 cm³/mol. The Bertz CT molecular complexity index is 380. The molecule has 100 valence electrons. The number of methoxy groups -OCH3 is 1. The van der Waals surface area contributed by atoms with E-state index in [0.717, 1.165) is 25.9 Å². The van der Waals surface area contributed by atoms with E-state index < -0.39 is 0 Å². The first-order chi connectivity index (χ1) is 8.63. The van der Waals surface area contributed by atoms with Crippen LogP contribution in [0.2, 0.25) is 0 Å². The molecular formula is C13H21N3O2. The van der Waals surface area contributed by atoms with Gasteiger partial charge in [0.25, 0.3) is 0 Å². The smallest absolute Gasteiger partial charge is 0.338 e. The molecule has 1 heterocycles. The maximum atomic E-state index is 11.3. The van der Waals surface area contributed by atoms with Crippen LogP contribution in [0, 0.1) is 0 Å². The molecular weight excluding hydrogens is 230 g/mol. The van der Waals surface area contributed by atoms with Crippen LogP contribution in [-0.4, -0.2) is 50.1 Å². The fourth-order valence-electron chi connectivity index (χ4n) is 1.54. The van der Waals surface area contributed by atoms with Gasteiger partial charge >= 0.3 is 5.97 Å². The minimum atomic E-state index is -0.340. The lowest BCUT2D eigenvalue weighted by Crippen LogP contribution is -2.14. The first-order valence-corrected chi connectivity index (χ1v) is 6.06. The number of esters is 1. The molecule has 0 fully saturated rings. The van der Waals surface area contributed by atoms with Gasteiger partial charge in [-0.3, -0.25) is 0 Å². The number of carbonyl (C=O) groups excluding carboxylic acids is 1. The van der Waals surface area contributed by atoms with Gasteiger partial charge in [0.1, 0.15) is 5.82 Å². The van der Waals surface area contributed by atoms with Gasteiger partial charge in [-0.25, -0.2) is 9.78 Å². The second-order valence-electron chi connectivity index (χ2n) is 4.36. The van der Waals surface area contributed by atoms with Crippen LogP contribution in [0.5, 0.6) is 0 Å². The minimum absolute atomic E-state index is 0.340. The quantitative estimate of drug-likeness (QED) is 0.589. The molecule has 0 saturated carbocycles. The lowest BCUT2D eigenvalue weighted by atomic mass is 10.2. The molecule has 1 aromatic rings. The Morgan fingerprint density at radius 3 is 2.89 bits per heavy atom. The molecule has 1 N–H and O–H groups in total. The van der Waals surface area contributed by atoms with E-state index in [1.165, 1.54) is 7.11 Å². The number of nitrogens with one attached hydrogen (secondary N) is 1. The number of hydrogen-bond donors (Lipinski definition) is 1. The molecule has 0 aliphatic rings. The van der Waals surface area contributed by atoms with Gasteiger partial charge in [-0.1, -0.05) is 0 Å². The largest absolute Gasteiger partial charge is 0.465 e. The molecule has 1 rings (SSSR count). The second kappa shape index (κ2) is 7.66. The summed E-state index contributed by atoms with van der Waals surface area (Å²) in [7, 11) is 5.50. The van der Waals surface area contributed by atoms with Crippen molar-refractivity contribution in [3.8, 4) is 0 Å². The molecule has 0 radical (unpaired) electrons. The van der Waals surface area contributed by atoms with Gasteiger partial charge in [-0.2, -0.15) is 0 Å². The summed E-state index contributed by atoms with van der Waals surface area (Å²) in [5.41, 5.74) is 0.517. The Kier molecular flexibility index (Phi) is 6.14. The van der Waals surface area contributed by atoms with Crippen molar-refractivity contribution in [1.29, 1.82) is 0 Å². The van der Waals surface area contributed by atoms with Crippen molar-refractivity contribution in [2.75, 3.05) is 39.6 Å². The lowest BCUT2D eigenvalue weighted by molar-refractivity contribution is 0.0600. The molecule has 5 heteroatoms. The zero-order chi connectivity index (χ0) is 13.4. The average Bonchev–Trinajstić information content (AvgIpc) is 2.37. The molecule has 0 aliphatic heterocycles. The van der Waals surface area contributed by atoms with E-state index in [4.69, 9.17) is 0 Å². The highest BCUT2D eigenvalue weighted by Gasteiger charge is 2.05. The fourth-order valence-corrected chi connectivity index (χ4v) is 1.54. The molecule has 0 aromatic carbocycles. The zero-order valence-electron chi connectivity index (χ0n) is 11.3. The van der Waals surface area contributed by atoms with E-state index >= 15 is 0 Å². The molecule has 0 bridgehead atoms. The fraction of sp³-hybridized carbons (Fsp3) is 0.538. The summed E-state index contributed by atoms with van der Waals surface area (Å²) >= 11 is 0. The van der Waals surface area contributed by atoms with Crippen LogP contribution in [0.1, 0.15) is 23.2 Å². The van der Waals surface area contributed by atoms with Crippen molar-refractivity contribution >= 4 is 11.8 Å². The Balaban J connectivity index is 2.36. The van der Waals surface area contributed by atoms with E-state index in [1.807, 2.05) is 0 Å². The van der Waals surface area contributed by atoms with Crippen LogP contribution in [0.25, 0.3) is 0 Å². The van der Waals surface area contributed by atoms with Crippen LogP contribution < -0.4 is 5.32 Å². The van der Waals surface area contributed by atoms with Gasteiger partial charge in [0.15, 0.2) is 0 Å². The molecule has 0 saturated heterocycles. The van der Waals surface area contributed by atoms with Crippen LogP contribution in [0.4, 0.5) is 5.82 Å². The first kappa shape index (κ1) is 14.4. The van der Waals surface area contributed by atoms with E-state index in [0.29, 0.717) is 11.4 Å². The van der Waals surface area contributed by atoms with Gasteiger partial charge in [0.05, 0.1) is 12.7 Å². The number of hydrogen-bond acceptors (Lipinski definition) is 5. The summed E-state index contributed by atoms with van der Waals surface area (Å²) in [6.45, 7) is 1.93. The highest BCUT2D eigenvalue weighted by Crippen LogP contribution is 2.08. The van der Waals surface area contributed by atoms with Gasteiger partial charge in [0.2, 0.25) is 0 Å². The Labute approximate surface area is 108 Å². The van der Waals surface area contributed by atoms with E-state index in [9.17, 15) is 4.79 Å². The molecule has 0 amide bonds. The van der Waals surface area contributed by atoms with Crippen molar-refractivity contribution in [2.24, 2.45) is 0 Å². The standard InChI is InChI=1S/C13H21N3O2/c1-16(2)9-5-4-7-14-12-10-11(6-8-15-12)13(17)18-3/h6,8,10H,4-5,7,9H2,1-3H3,(H,14,15). The Morgan fingerprint density at radius 2 is 2.22 bits per heavy atom. The van der Waals surface area contributed by atoms with Crippen LogP contribution >= 0.6 is 0 Å². The number of aromatic nitrogens is 1. The third-order valence-electron chi connectivity index (χ3n) is 2.52. The average molecular weight is 251 g/mol. The van der Waals surface area contributed by atoms with Crippen LogP contribution in [0.3, 0.4) is 0 Å². The molecule has 18 heavy (non-hydrogen) atoms. The molecule has 0 aliphatic carbocycles. The minimum Gasteiger partial charge on any atom is -0.465 e. The third-order valence-corrected chi connectivity index (χ3v) is 2.52. The summed E-state index contributed by atoms with van der Waals surface area (Å²) in [5.74, 6) is 0.371. The number of unbranched alkanes of at least 4 members (excludes halogenated alkanes) is 1. The van der Waals surface area contributed by atoms with E-state index in [-0.39, 0.29) is 5.97 Å². The van der Waals surface area contributed by atoms with Crippen molar-refractivity contribution in [2.45, 2.75) is 12.8 Å². The molecule has 0 spiro atoms. The summed E-state index contributed by atoms with van der Waals surface area (Å²) in [4.78, 5) is 17.7. The van der Waals surface area contributed by atoms with Crippen molar-refractivity contribution < 1.29 is 9.53 Å². The predicted octanol–water partition coefficient (Wildman–Crippen LogP) is 1.62. The number of rotatable bonds is 7. The zero-order valence-corrected chi connectivity index (χ0v) is 11.3. The van der Waals surface area contributed by atoms with Gasteiger partial charge in [-0.05, 0) is 45.6 Å². The maximum absolute atomic E-state index is 11.3. The van der Waals surface area contributed by atoms with Gasteiger partial charge < -0.3 is 15.0 Å². The highest BCUT2D eigenvalue weighted by atomic mass is 16.5. The summed E-state index contributed by atoms with van der Waals surface area (Å²) in [6.07, 6.45) is 3.81. The molecule has 1 aromatic heterocycles. The van der Waals surface area contributed by atoms with Crippen LogP contribution in [0.15, 0.2) is 18.3 Å². The Morgan fingerprint density at radius 1 is 1.44 bits per heavy atom. The number of nitrogens with zero attached hydrogens (tertiary/aromatic N) is 2. The molecule has 0 atom stereocenters. The molecule has 5 nitrogen and oxygen atoms in total. The number of carbonyl (C=O) groups is 1. The second-order valence-corrected chi connectivity index (χ2v) is 4.36. The van der Waals surface area contributed by atoms with E-state index in [2.05, 4.69) is 34.0 Å². The number of pyridine rings is 1. The van der Waals surface area contributed by atoms with Crippen LogP contribution in [-0.2, 0) is 4.74 Å². The lowest BCUT2D eigenvalue weighted by Gasteiger charge is -2.10. The van der Waals surface area contributed by atoms with E-state index in [1.54, 1.807) is 18.3 Å². The maximum Gasteiger partial charge on any atom is 0.338 e. The number of ether oxygens (including phenoxy) is 1.